The van der Waals surface area contributed by atoms with E-state index in [4.69, 9.17) is 4.98 Å². The van der Waals surface area contributed by atoms with Gasteiger partial charge in [-0.05, 0) is 55.7 Å². The molecule has 1 unspecified atom stereocenters. The Hall–Kier alpha value is -3.94. The highest BCUT2D eigenvalue weighted by atomic mass is 19.1. The minimum atomic E-state index is -1.09. The van der Waals surface area contributed by atoms with Gasteiger partial charge in [-0.3, -0.25) is 4.98 Å². The highest BCUT2D eigenvalue weighted by Crippen LogP contribution is 2.26. The summed E-state index contributed by atoms with van der Waals surface area (Å²) in [5, 5.41) is 9.81. The average molecular weight is 456 g/mol. The van der Waals surface area contributed by atoms with Crippen LogP contribution in [-0.2, 0) is 6.54 Å². The summed E-state index contributed by atoms with van der Waals surface area (Å²) in [5.74, 6) is 0.912. The van der Waals surface area contributed by atoms with Gasteiger partial charge in [0.25, 0.3) is 0 Å². The minimum absolute atomic E-state index is 0.265. The van der Waals surface area contributed by atoms with Crippen LogP contribution in [0.25, 0.3) is 28.1 Å². The molecule has 0 amide bonds. The maximum absolute atomic E-state index is 13.6. The predicted octanol–water partition coefficient (Wildman–Crippen LogP) is 5.58. The third-order valence-corrected chi connectivity index (χ3v) is 5.83. The van der Waals surface area contributed by atoms with Gasteiger partial charge in [0, 0.05) is 23.7 Å². The molecule has 7 nitrogen and oxygen atoms in total. The number of halogens is 1. The van der Waals surface area contributed by atoms with Crippen LogP contribution in [0.2, 0.25) is 0 Å². The summed E-state index contributed by atoms with van der Waals surface area (Å²) in [6.07, 6.45) is 4.30. The van der Waals surface area contributed by atoms with E-state index >= 15 is 0 Å². The smallest absolute Gasteiger partial charge is 0.163 e. The Morgan fingerprint density at radius 1 is 1.00 bits per heavy atom. The monoisotopic (exact) mass is 455 g/mol. The van der Waals surface area contributed by atoms with Crippen LogP contribution in [0, 0.1) is 6.92 Å². The number of rotatable bonds is 6. The normalized spacial score (nSPS) is 12.5. The maximum atomic E-state index is 13.6. The van der Waals surface area contributed by atoms with Crippen molar-refractivity contribution < 1.29 is 4.39 Å². The summed E-state index contributed by atoms with van der Waals surface area (Å²) in [6, 6.07) is 13.7. The van der Waals surface area contributed by atoms with Gasteiger partial charge in [0.2, 0.25) is 0 Å². The summed E-state index contributed by atoms with van der Waals surface area (Å²) in [6.45, 7) is 8.21. The van der Waals surface area contributed by atoms with Crippen LogP contribution in [0.4, 0.5) is 4.39 Å². The van der Waals surface area contributed by atoms with Crippen molar-refractivity contribution in [2.24, 2.45) is 0 Å². The Morgan fingerprint density at radius 3 is 2.50 bits per heavy atom. The second kappa shape index (κ2) is 8.78. The molecule has 0 saturated heterocycles. The molecule has 0 radical (unpaired) electrons. The van der Waals surface area contributed by atoms with Gasteiger partial charge < -0.3 is 0 Å². The molecule has 0 saturated carbocycles. The van der Waals surface area contributed by atoms with Crippen LogP contribution in [0.1, 0.15) is 55.5 Å². The van der Waals surface area contributed by atoms with E-state index < -0.39 is 6.17 Å². The van der Waals surface area contributed by atoms with Gasteiger partial charge in [0.1, 0.15) is 6.17 Å². The second-order valence-corrected chi connectivity index (χ2v) is 8.77. The van der Waals surface area contributed by atoms with E-state index in [0.29, 0.717) is 18.1 Å². The molecule has 0 N–H and O–H groups in total. The summed E-state index contributed by atoms with van der Waals surface area (Å²) in [5.41, 5.74) is 5.98. The Morgan fingerprint density at radius 2 is 1.79 bits per heavy atom. The van der Waals surface area contributed by atoms with Crippen molar-refractivity contribution in [2.75, 3.05) is 0 Å². The Labute approximate surface area is 197 Å². The van der Waals surface area contributed by atoms with Crippen LogP contribution >= 0.6 is 0 Å². The number of hydrogen-bond acceptors (Lipinski definition) is 5. The first-order valence-corrected chi connectivity index (χ1v) is 11.3. The zero-order valence-electron chi connectivity index (χ0n) is 19.6. The van der Waals surface area contributed by atoms with Gasteiger partial charge in [-0.2, -0.15) is 10.2 Å². The van der Waals surface area contributed by atoms with Crippen LogP contribution in [0.5, 0.6) is 0 Å². The van der Waals surface area contributed by atoms with Crippen molar-refractivity contribution in [3.05, 3.63) is 83.7 Å². The number of fused-ring (bicyclic) bond motifs is 1. The van der Waals surface area contributed by atoms with Gasteiger partial charge in [-0.1, -0.05) is 26.0 Å². The summed E-state index contributed by atoms with van der Waals surface area (Å²) >= 11 is 0. The van der Waals surface area contributed by atoms with Crippen molar-refractivity contribution in [3.63, 3.8) is 0 Å². The van der Waals surface area contributed by atoms with E-state index in [1.807, 2.05) is 54.2 Å². The molecule has 0 aliphatic carbocycles. The highest BCUT2D eigenvalue weighted by Gasteiger charge is 2.15. The van der Waals surface area contributed by atoms with E-state index in [1.54, 1.807) is 23.1 Å². The van der Waals surface area contributed by atoms with Crippen LogP contribution < -0.4 is 0 Å². The molecule has 1 atom stereocenters. The number of nitrogens with zero attached hydrogens (tertiary/aromatic N) is 7. The molecule has 0 aliphatic rings. The number of hydrogen-bond donors (Lipinski definition) is 0. The maximum Gasteiger partial charge on any atom is 0.163 e. The molecule has 0 fully saturated rings. The molecule has 5 aromatic rings. The van der Waals surface area contributed by atoms with Crippen molar-refractivity contribution in [1.82, 2.24) is 34.5 Å². The second-order valence-electron chi connectivity index (χ2n) is 8.77. The lowest BCUT2D eigenvalue weighted by Crippen LogP contribution is -2.05. The first-order chi connectivity index (χ1) is 16.4. The lowest BCUT2D eigenvalue weighted by Gasteiger charge is -2.10. The standard InChI is InChI=1S/C26H26FN7/c1-16(2)24-22(6-5-11-28-24)25-29-13-20-14-30-33(26(20)31-25)15-19-7-9-21(10-8-19)34-17(3)12-23(32-34)18(4)27/h5-14,16,18H,15H2,1-4H3. The molecule has 0 aliphatic heterocycles. The molecular weight excluding hydrogens is 429 g/mol. The van der Waals surface area contributed by atoms with E-state index in [1.165, 1.54) is 6.92 Å². The molecule has 8 heteroatoms. The zero-order valence-corrected chi connectivity index (χ0v) is 19.6. The zero-order chi connectivity index (χ0) is 23.8. The fourth-order valence-corrected chi connectivity index (χ4v) is 4.05. The van der Waals surface area contributed by atoms with Gasteiger partial charge in [-0.25, -0.2) is 23.7 Å². The van der Waals surface area contributed by atoms with Crippen molar-refractivity contribution >= 4 is 11.0 Å². The fourth-order valence-electron chi connectivity index (χ4n) is 4.05. The molecule has 34 heavy (non-hydrogen) atoms. The SMILES string of the molecule is Cc1cc(C(C)F)nn1-c1ccc(Cn2ncc3cnc(-c4cccnc4C(C)C)nc32)cc1. The van der Waals surface area contributed by atoms with Crippen molar-refractivity contribution in [1.29, 1.82) is 0 Å². The summed E-state index contributed by atoms with van der Waals surface area (Å²) in [7, 11) is 0. The Bertz CT molecular complexity index is 1450. The first kappa shape index (κ1) is 21.9. The van der Waals surface area contributed by atoms with Gasteiger partial charge in [0.15, 0.2) is 11.5 Å². The third-order valence-electron chi connectivity index (χ3n) is 5.83. The molecule has 1 aromatic carbocycles. The molecule has 172 valence electrons. The lowest BCUT2D eigenvalue weighted by atomic mass is 10.0. The average Bonchev–Trinajstić information content (AvgIpc) is 3.43. The third kappa shape index (κ3) is 4.07. The van der Waals surface area contributed by atoms with Crippen molar-refractivity contribution in [3.8, 4) is 17.1 Å². The molecule has 0 spiro atoms. The predicted molar refractivity (Wildman–Crippen MR) is 130 cm³/mol. The van der Waals surface area contributed by atoms with Gasteiger partial charge >= 0.3 is 0 Å². The number of aromatic nitrogens is 7. The van der Waals surface area contributed by atoms with E-state index in [0.717, 1.165) is 39.2 Å². The molecule has 0 bridgehead atoms. The summed E-state index contributed by atoms with van der Waals surface area (Å²) in [4.78, 5) is 13.9. The minimum Gasteiger partial charge on any atom is -0.260 e. The van der Waals surface area contributed by atoms with Gasteiger partial charge in [-0.15, -0.1) is 0 Å². The molecular formula is C26H26FN7. The largest absolute Gasteiger partial charge is 0.260 e. The first-order valence-electron chi connectivity index (χ1n) is 11.3. The highest BCUT2D eigenvalue weighted by molar-refractivity contribution is 5.76. The number of benzene rings is 1. The van der Waals surface area contributed by atoms with E-state index in [-0.39, 0.29) is 5.92 Å². The molecule has 4 heterocycles. The quantitative estimate of drug-likeness (QED) is 0.334. The number of alkyl halides is 1. The van der Waals surface area contributed by atoms with Crippen molar-refractivity contribution in [2.45, 2.75) is 46.3 Å². The molecule has 5 rings (SSSR count). The van der Waals surface area contributed by atoms with Crippen LogP contribution in [0.15, 0.2) is 61.1 Å². The Kier molecular flexibility index (Phi) is 5.65. The van der Waals surface area contributed by atoms with E-state index in [2.05, 4.69) is 34.0 Å². The number of pyridine rings is 1. The topological polar surface area (TPSA) is 74.3 Å². The van der Waals surface area contributed by atoms with E-state index in [9.17, 15) is 4.39 Å². The molecule has 4 aromatic heterocycles. The lowest BCUT2D eigenvalue weighted by molar-refractivity contribution is 0.364. The number of aryl methyl sites for hydroxylation is 1. The Balaban J connectivity index is 1.44. The fraction of sp³-hybridized carbons (Fsp3) is 0.269. The van der Waals surface area contributed by atoms with Crippen LogP contribution in [0.3, 0.4) is 0 Å². The summed E-state index contributed by atoms with van der Waals surface area (Å²) < 4.78 is 17.3. The van der Waals surface area contributed by atoms with Gasteiger partial charge in [0.05, 0.1) is 35.2 Å². The van der Waals surface area contributed by atoms with Crippen LogP contribution in [-0.4, -0.2) is 34.5 Å².